The predicted molar refractivity (Wildman–Crippen MR) is 86.3 cm³/mol. The Morgan fingerprint density at radius 1 is 1.28 bits per heavy atom. The molecule has 0 N–H and O–H groups in total. The minimum atomic E-state index is -2.77. The lowest BCUT2D eigenvalue weighted by Gasteiger charge is -2.46. The Morgan fingerprint density at radius 2 is 2.04 bits per heavy atom. The largest absolute Gasteiger partial charge is 0.375 e. The van der Waals surface area contributed by atoms with Gasteiger partial charge >= 0.3 is 0 Å². The fourth-order valence-electron chi connectivity index (χ4n) is 4.00. The number of halogens is 2. The third-order valence-corrected chi connectivity index (χ3v) is 5.58. The number of carbonyl (C=O) groups excluding carboxylic acids is 1. The van der Waals surface area contributed by atoms with Crippen LogP contribution in [0, 0.1) is 19.3 Å². The third-order valence-electron chi connectivity index (χ3n) is 5.58. The van der Waals surface area contributed by atoms with Gasteiger partial charge in [-0.1, -0.05) is 5.16 Å². The summed E-state index contributed by atoms with van der Waals surface area (Å²) in [6.07, 6.45) is 0.0851. The maximum absolute atomic E-state index is 14.8. The Kier molecular flexibility index (Phi) is 4.85. The number of aryl methyl sites for hydroxylation is 2. The van der Waals surface area contributed by atoms with Crippen LogP contribution in [-0.2, 0) is 16.1 Å². The van der Waals surface area contributed by atoms with E-state index >= 15 is 0 Å². The van der Waals surface area contributed by atoms with E-state index in [-0.39, 0.29) is 38.6 Å². The highest BCUT2D eigenvalue weighted by Crippen LogP contribution is 2.49. The highest BCUT2D eigenvalue weighted by Gasteiger charge is 2.59. The molecule has 0 radical (unpaired) electrons. The third kappa shape index (κ3) is 3.29. The zero-order valence-corrected chi connectivity index (χ0v) is 15.0. The summed E-state index contributed by atoms with van der Waals surface area (Å²) in [5, 5.41) is 3.93. The van der Waals surface area contributed by atoms with Crippen molar-refractivity contribution in [2.45, 2.75) is 39.2 Å². The number of piperidine rings is 1. The second-order valence-corrected chi connectivity index (χ2v) is 7.25. The molecule has 8 heteroatoms. The van der Waals surface area contributed by atoms with Crippen molar-refractivity contribution in [3.63, 3.8) is 0 Å². The molecule has 0 aromatic carbocycles. The molecule has 2 saturated heterocycles. The number of hydrogen-bond donors (Lipinski definition) is 0. The van der Waals surface area contributed by atoms with Gasteiger partial charge in [0.2, 0.25) is 5.91 Å². The molecule has 25 heavy (non-hydrogen) atoms. The minimum absolute atomic E-state index is 0.0650. The maximum Gasteiger partial charge on any atom is 0.258 e. The van der Waals surface area contributed by atoms with Crippen molar-refractivity contribution in [3.8, 4) is 0 Å². The van der Waals surface area contributed by atoms with Crippen molar-refractivity contribution in [2.24, 2.45) is 5.41 Å². The molecule has 6 nitrogen and oxygen atoms in total. The Morgan fingerprint density at radius 3 is 2.68 bits per heavy atom. The van der Waals surface area contributed by atoms with Gasteiger partial charge in [0.25, 0.3) is 5.92 Å². The minimum Gasteiger partial charge on any atom is -0.375 e. The summed E-state index contributed by atoms with van der Waals surface area (Å²) in [5.41, 5.74) is 0.572. The summed E-state index contributed by atoms with van der Waals surface area (Å²) >= 11 is 0. The Labute approximate surface area is 146 Å². The van der Waals surface area contributed by atoms with Crippen LogP contribution in [0.5, 0.6) is 0 Å². The number of rotatable bonds is 4. The van der Waals surface area contributed by atoms with Crippen molar-refractivity contribution < 1.29 is 22.8 Å². The highest BCUT2D eigenvalue weighted by molar-refractivity contribution is 5.77. The quantitative estimate of drug-likeness (QED) is 0.825. The lowest BCUT2D eigenvalue weighted by molar-refractivity contribution is -0.173. The number of methoxy groups -OCH3 is 1. The molecule has 1 unspecified atom stereocenters. The molecular formula is C17H25F2N3O3. The average molecular weight is 357 g/mol. The van der Waals surface area contributed by atoms with Crippen LogP contribution in [0.3, 0.4) is 0 Å². The monoisotopic (exact) mass is 357 g/mol. The fourth-order valence-corrected chi connectivity index (χ4v) is 4.00. The topological polar surface area (TPSA) is 58.8 Å². The second kappa shape index (κ2) is 6.64. The molecule has 3 rings (SSSR count). The molecule has 1 amide bonds. The summed E-state index contributed by atoms with van der Waals surface area (Å²) < 4.78 is 39.6. The van der Waals surface area contributed by atoms with E-state index in [1.165, 1.54) is 12.0 Å². The number of aromatic nitrogens is 1. The van der Waals surface area contributed by atoms with Crippen LogP contribution in [0.25, 0.3) is 0 Å². The normalized spacial score (nSPS) is 26.5. The van der Waals surface area contributed by atoms with E-state index in [0.29, 0.717) is 19.5 Å². The zero-order chi connectivity index (χ0) is 18.2. The smallest absolute Gasteiger partial charge is 0.258 e. The summed E-state index contributed by atoms with van der Waals surface area (Å²) in [6.45, 7) is 5.18. The van der Waals surface area contributed by atoms with Gasteiger partial charge in [-0.05, 0) is 26.8 Å². The van der Waals surface area contributed by atoms with E-state index in [4.69, 9.17) is 9.26 Å². The molecule has 0 saturated carbocycles. The molecule has 2 fully saturated rings. The van der Waals surface area contributed by atoms with Gasteiger partial charge in [0.05, 0.1) is 11.1 Å². The number of carbonyl (C=O) groups is 1. The highest BCUT2D eigenvalue weighted by atomic mass is 19.3. The number of amides is 1. The number of alkyl halides is 2. The van der Waals surface area contributed by atoms with Crippen LogP contribution in [0.4, 0.5) is 8.78 Å². The fraction of sp³-hybridized carbons (Fsp3) is 0.765. The maximum atomic E-state index is 14.8. The van der Waals surface area contributed by atoms with Gasteiger partial charge in [0, 0.05) is 45.3 Å². The van der Waals surface area contributed by atoms with Gasteiger partial charge in [0.15, 0.2) is 0 Å². The van der Waals surface area contributed by atoms with Crippen LogP contribution < -0.4 is 0 Å². The van der Waals surface area contributed by atoms with E-state index in [1.54, 1.807) is 0 Å². The van der Waals surface area contributed by atoms with Gasteiger partial charge in [-0.2, -0.15) is 0 Å². The van der Waals surface area contributed by atoms with E-state index in [2.05, 4.69) is 5.16 Å². The number of likely N-dealkylation sites (tertiary alicyclic amines) is 2. The Balaban J connectivity index is 1.74. The first-order valence-electron chi connectivity index (χ1n) is 8.57. The van der Waals surface area contributed by atoms with Crippen LogP contribution in [0.1, 0.15) is 29.9 Å². The molecule has 1 atom stereocenters. The Hall–Kier alpha value is -1.54. The molecule has 2 aliphatic heterocycles. The molecule has 140 valence electrons. The predicted octanol–water partition coefficient (Wildman–Crippen LogP) is 2.00. The number of nitrogens with zero attached hydrogens (tertiary/aromatic N) is 3. The lowest BCUT2D eigenvalue weighted by atomic mass is 9.75. The number of ether oxygens (including phenoxy) is 1. The van der Waals surface area contributed by atoms with Crippen molar-refractivity contribution in [1.82, 2.24) is 15.0 Å². The molecule has 0 bridgehead atoms. The standard InChI is InChI=1S/C17H25F2N3O3/c1-12-14(13(2)25-20-12)8-21-6-4-16(10-21)11-22(15(23)9-24-3)7-5-17(16,18)19/h4-11H2,1-3H3. The molecule has 2 aliphatic rings. The van der Waals surface area contributed by atoms with Gasteiger partial charge in [-0.3, -0.25) is 9.69 Å². The van der Waals surface area contributed by atoms with E-state index in [1.807, 2.05) is 18.7 Å². The average Bonchev–Trinajstić information content (AvgIpc) is 3.10. The summed E-state index contributed by atoms with van der Waals surface area (Å²) in [6, 6.07) is 0. The van der Waals surface area contributed by atoms with Gasteiger partial charge < -0.3 is 14.2 Å². The molecule has 1 aromatic heterocycles. The number of hydrogen-bond acceptors (Lipinski definition) is 5. The Bertz CT molecular complexity index is 630. The molecule has 1 spiro atoms. The first kappa shape index (κ1) is 18.3. The van der Waals surface area contributed by atoms with Gasteiger partial charge in [0.1, 0.15) is 12.4 Å². The van der Waals surface area contributed by atoms with Crippen molar-refractivity contribution in [2.75, 3.05) is 39.9 Å². The van der Waals surface area contributed by atoms with E-state index < -0.39 is 11.3 Å². The van der Waals surface area contributed by atoms with Crippen molar-refractivity contribution in [3.05, 3.63) is 17.0 Å². The molecule has 1 aromatic rings. The van der Waals surface area contributed by atoms with Crippen molar-refractivity contribution >= 4 is 5.91 Å². The van der Waals surface area contributed by atoms with Gasteiger partial charge in [-0.15, -0.1) is 0 Å². The zero-order valence-electron chi connectivity index (χ0n) is 15.0. The molecule has 3 heterocycles. The lowest BCUT2D eigenvalue weighted by Crippen LogP contribution is -2.58. The van der Waals surface area contributed by atoms with E-state index in [9.17, 15) is 13.6 Å². The van der Waals surface area contributed by atoms with Crippen LogP contribution in [0.15, 0.2) is 4.52 Å². The van der Waals surface area contributed by atoms with Gasteiger partial charge in [-0.25, -0.2) is 8.78 Å². The summed E-state index contributed by atoms with van der Waals surface area (Å²) in [4.78, 5) is 15.6. The van der Waals surface area contributed by atoms with Crippen LogP contribution >= 0.6 is 0 Å². The molecule has 0 aliphatic carbocycles. The van der Waals surface area contributed by atoms with E-state index in [0.717, 1.165) is 17.0 Å². The van der Waals surface area contributed by atoms with Crippen LogP contribution in [-0.4, -0.2) is 66.7 Å². The van der Waals surface area contributed by atoms with Crippen molar-refractivity contribution in [1.29, 1.82) is 0 Å². The first-order chi connectivity index (χ1) is 11.8. The molecular weight excluding hydrogens is 332 g/mol. The summed E-state index contributed by atoms with van der Waals surface area (Å²) in [7, 11) is 1.44. The second-order valence-electron chi connectivity index (χ2n) is 7.25. The first-order valence-corrected chi connectivity index (χ1v) is 8.57. The van der Waals surface area contributed by atoms with Crippen LogP contribution in [0.2, 0.25) is 0 Å². The SMILES string of the molecule is COCC(=O)N1CCC(F)(F)C2(CCN(Cc3c(C)noc3C)C2)C1. The summed E-state index contributed by atoms with van der Waals surface area (Å²) in [5.74, 6) is -2.27.